The van der Waals surface area contributed by atoms with Gasteiger partial charge in [-0.3, -0.25) is 19.5 Å². The quantitative estimate of drug-likeness (QED) is 0.795. The standard InChI is InChI=1S/C9H7ClN2O2S/c10-6-1-2-11-7(3-6)4-12-8(13)5-15-9(12)14/h1-3H,4-5H2. The molecule has 15 heavy (non-hydrogen) atoms. The van der Waals surface area contributed by atoms with Gasteiger partial charge in [0.15, 0.2) is 0 Å². The SMILES string of the molecule is O=C1CSC(=O)N1Cc1cc(Cl)ccn1. The Morgan fingerprint density at radius 2 is 2.33 bits per heavy atom. The average molecular weight is 243 g/mol. The second-order valence-corrected chi connectivity index (χ2v) is 4.36. The van der Waals surface area contributed by atoms with E-state index in [1.165, 1.54) is 4.90 Å². The van der Waals surface area contributed by atoms with E-state index >= 15 is 0 Å². The molecule has 0 atom stereocenters. The summed E-state index contributed by atoms with van der Waals surface area (Å²) in [7, 11) is 0. The van der Waals surface area contributed by atoms with Crippen molar-refractivity contribution in [3.05, 3.63) is 29.0 Å². The maximum absolute atomic E-state index is 11.3. The second kappa shape index (κ2) is 4.20. The van der Waals surface area contributed by atoms with Crippen molar-refractivity contribution in [2.75, 3.05) is 5.75 Å². The van der Waals surface area contributed by atoms with Gasteiger partial charge in [-0.15, -0.1) is 0 Å². The highest BCUT2D eigenvalue weighted by atomic mass is 35.5. The predicted molar refractivity (Wildman–Crippen MR) is 57.7 cm³/mol. The first kappa shape index (κ1) is 10.4. The first-order valence-electron chi connectivity index (χ1n) is 4.24. The lowest BCUT2D eigenvalue weighted by atomic mass is 10.3. The van der Waals surface area contributed by atoms with Crippen LogP contribution in [0.25, 0.3) is 0 Å². The minimum Gasteiger partial charge on any atom is -0.273 e. The fourth-order valence-corrected chi connectivity index (χ4v) is 2.14. The van der Waals surface area contributed by atoms with Crippen molar-refractivity contribution < 1.29 is 9.59 Å². The van der Waals surface area contributed by atoms with Crippen molar-refractivity contribution in [2.45, 2.75) is 6.54 Å². The van der Waals surface area contributed by atoms with E-state index in [9.17, 15) is 9.59 Å². The third-order valence-corrected chi connectivity index (χ3v) is 3.03. The molecule has 0 spiro atoms. The Morgan fingerprint density at radius 3 is 2.93 bits per heavy atom. The number of amides is 2. The number of halogens is 1. The largest absolute Gasteiger partial charge is 0.289 e. The summed E-state index contributed by atoms with van der Waals surface area (Å²) in [6.45, 7) is 0.200. The number of aromatic nitrogens is 1. The maximum Gasteiger partial charge on any atom is 0.289 e. The Kier molecular flexibility index (Phi) is 2.93. The molecule has 0 aliphatic carbocycles. The number of rotatable bonds is 2. The van der Waals surface area contributed by atoms with Gasteiger partial charge in [-0.2, -0.15) is 0 Å². The molecule has 0 N–H and O–H groups in total. The average Bonchev–Trinajstić information content (AvgIpc) is 2.50. The van der Waals surface area contributed by atoms with Crippen LogP contribution in [0.15, 0.2) is 18.3 Å². The van der Waals surface area contributed by atoms with Crippen LogP contribution < -0.4 is 0 Å². The summed E-state index contributed by atoms with van der Waals surface area (Å²) in [4.78, 5) is 27.8. The molecule has 1 aliphatic rings. The smallest absolute Gasteiger partial charge is 0.273 e. The van der Waals surface area contributed by atoms with E-state index in [-0.39, 0.29) is 23.4 Å². The number of thioether (sulfide) groups is 1. The fraction of sp³-hybridized carbons (Fsp3) is 0.222. The Balaban J connectivity index is 2.15. The number of hydrogen-bond donors (Lipinski definition) is 0. The van der Waals surface area contributed by atoms with Crippen LogP contribution in [0.5, 0.6) is 0 Å². The Labute approximate surface area is 95.6 Å². The monoisotopic (exact) mass is 242 g/mol. The minimum atomic E-state index is -0.221. The van der Waals surface area contributed by atoms with Gasteiger partial charge < -0.3 is 0 Å². The molecule has 0 aromatic carbocycles. The Bertz CT molecular complexity index is 408. The predicted octanol–water partition coefficient (Wildman–Crippen LogP) is 1.93. The van der Waals surface area contributed by atoms with Gasteiger partial charge >= 0.3 is 0 Å². The molecule has 0 saturated carbocycles. The van der Waals surface area contributed by atoms with Crippen molar-refractivity contribution in [1.82, 2.24) is 9.88 Å². The van der Waals surface area contributed by atoms with Crippen LogP contribution in [0, 0.1) is 0 Å². The summed E-state index contributed by atoms with van der Waals surface area (Å²) in [6.07, 6.45) is 1.55. The van der Waals surface area contributed by atoms with E-state index in [0.29, 0.717) is 10.7 Å². The van der Waals surface area contributed by atoms with E-state index in [4.69, 9.17) is 11.6 Å². The maximum atomic E-state index is 11.3. The molecule has 2 heterocycles. The summed E-state index contributed by atoms with van der Waals surface area (Å²) >= 11 is 6.78. The normalized spacial score (nSPS) is 16.2. The number of hydrogen-bond acceptors (Lipinski definition) is 4. The van der Waals surface area contributed by atoms with Crippen LogP contribution >= 0.6 is 23.4 Å². The topological polar surface area (TPSA) is 50.3 Å². The molecule has 78 valence electrons. The van der Waals surface area contributed by atoms with Gasteiger partial charge in [-0.05, 0) is 12.1 Å². The number of nitrogens with zero attached hydrogens (tertiary/aromatic N) is 2. The van der Waals surface area contributed by atoms with Crippen LogP contribution in [-0.2, 0) is 11.3 Å². The van der Waals surface area contributed by atoms with Gasteiger partial charge in [-0.25, -0.2) is 0 Å². The first-order chi connectivity index (χ1) is 7.16. The van der Waals surface area contributed by atoms with E-state index in [1.54, 1.807) is 18.3 Å². The van der Waals surface area contributed by atoms with Crippen molar-refractivity contribution in [2.24, 2.45) is 0 Å². The second-order valence-electron chi connectivity index (χ2n) is 3.00. The van der Waals surface area contributed by atoms with Gasteiger partial charge in [0.1, 0.15) is 0 Å². The molecule has 0 radical (unpaired) electrons. The highest BCUT2D eigenvalue weighted by Gasteiger charge is 2.29. The van der Waals surface area contributed by atoms with Crippen LogP contribution in [-0.4, -0.2) is 26.8 Å². The van der Waals surface area contributed by atoms with Crippen LogP contribution in [0.3, 0.4) is 0 Å². The van der Waals surface area contributed by atoms with Crippen molar-refractivity contribution in [3.8, 4) is 0 Å². The van der Waals surface area contributed by atoms with Crippen molar-refractivity contribution in [1.29, 1.82) is 0 Å². The molecule has 2 amide bonds. The molecule has 1 aliphatic heterocycles. The zero-order valence-electron chi connectivity index (χ0n) is 7.64. The van der Waals surface area contributed by atoms with E-state index < -0.39 is 0 Å². The molecular weight excluding hydrogens is 236 g/mol. The number of carbonyl (C=O) groups excluding carboxylic acids is 2. The van der Waals surface area contributed by atoms with Crippen molar-refractivity contribution in [3.63, 3.8) is 0 Å². The Hall–Kier alpha value is -1.07. The van der Waals surface area contributed by atoms with E-state index in [1.807, 2.05) is 0 Å². The molecule has 0 bridgehead atoms. The molecule has 1 saturated heterocycles. The lowest BCUT2D eigenvalue weighted by Crippen LogP contribution is -2.28. The molecule has 2 rings (SSSR count). The molecule has 1 aromatic heterocycles. The zero-order valence-corrected chi connectivity index (χ0v) is 9.22. The summed E-state index contributed by atoms with van der Waals surface area (Å²) < 4.78 is 0. The Morgan fingerprint density at radius 1 is 1.53 bits per heavy atom. The van der Waals surface area contributed by atoms with Crippen molar-refractivity contribution >= 4 is 34.5 Å². The van der Waals surface area contributed by atoms with Crippen LogP contribution in [0.2, 0.25) is 5.02 Å². The third kappa shape index (κ3) is 2.30. The molecule has 0 unspecified atom stereocenters. The molecule has 6 heteroatoms. The summed E-state index contributed by atoms with van der Waals surface area (Å²) in [6, 6.07) is 3.29. The number of pyridine rings is 1. The minimum absolute atomic E-state index is 0.174. The zero-order chi connectivity index (χ0) is 10.8. The highest BCUT2D eigenvalue weighted by Crippen LogP contribution is 2.21. The summed E-state index contributed by atoms with van der Waals surface area (Å²) in [5.74, 6) is 0.0473. The van der Waals surface area contributed by atoms with Crippen LogP contribution in [0.4, 0.5) is 4.79 Å². The molecular formula is C9H7ClN2O2S. The molecule has 1 aromatic rings. The molecule has 4 nitrogen and oxygen atoms in total. The fourth-order valence-electron chi connectivity index (χ4n) is 1.23. The van der Waals surface area contributed by atoms with Crippen LogP contribution in [0.1, 0.15) is 5.69 Å². The number of imide groups is 1. The van der Waals surface area contributed by atoms with Gasteiger partial charge in [0.05, 0.1) is 18.0 Å². The molecule has 1 fully saturated rings. The number of carbonyl (C=O) groups is 2. The van der Waals surface area contributed by atoms with Gasteiger partial charge in [-0.1, -0.05) is 23.4 Å². The van der Waals surface area contributed by atoms with E-state index in [2.05, 4.69) is 4.98 Å². The van der Waals surface area contributed by atoms with Gasteiger partial charge in [0.2, 0.25) is 5.91 Å². The van der Waals surface area contributed by atoms with Gasteiger partial charge in [0, 0.05) is 11.2 Å². The van der Waals surface area contributed by atoms with E-state index in [0.717, 1.165) is 11.8 Å². The highest BCUT2D eigenvalue weighted by molar-refractivity contribution is 8.14. The van der Waals surface area contributed by atoms with Gasteiger partial charge in [0.25, 0.3) is 5.24 Å². The third-order valence-electron chi connectivity index (χ3n) is 1.94. The lowest BCUT2D eigenvalue weighted by Gasteiger charge is -2.11. The lowest BCUT2D eigenvalue weighted by molar-refractivity contribution is -0.125. The summed E-state index contributed by atoms with van der Waals surface area (Å²) in [5, 5.41) is 0.327. The first-order valence-corrected chi connectivity index (χ1v) is 5.61. The summed E-state index contributed by atoms with van der Waals surface area (Å²) in [5.41, 5.74) is 0.617.